The minimum Gasteiger partial charge on any atom is -0.317 e. The molecule has 0 unspecified atom stereocenters. The number of aromatic nitrogens is 3. The third-order valence-corrected chi connectivity index (χ3v) is 1.99. The molecule has 1 aromatic rings. The lowest BCUT2D eigenvalue weighted by atomic mass is 10.3. The Labute approximate surface area is 79.4 Å². The number of hydrogen-bond donors (Lipinski definition) is 1. The highest BCUT2D eigenvalue weighted by Gasteiger charge is 1.98. The number of aryl methyl sites for hydroxylation is 2. The van der Waals surface area contributed by atoms with E-state index >= 15 is 0 Å². The van der Waals surface area contributed by atoms with E-state index in [0.717, 1.165) is 31.8 Å². The van der Waals surface area contributed by atoms with Gasteiger partial charge in [0.05, 0.1) is 0 Å². The maximum Gasteiger partial charge on any atom is 0.138 e. The Balaban J connectivity index is 2.10. The van der Waals surface area contributed by atoms with Gasteiger partial charge in [-0.05, 0) is 25.9 Å². The topological polar surface area (TPSA) is 42.7 Å². The lowest BCUT2D eigenvalue weighted by Gasteiger charge is -2.02. The molecule has 0 bridgehead atoms. The van der Waals surface area contributed by atoms with E-state index in [1.54, 1.807) is 6.33 Å². The number of nitrogens with one attached hydrogen (secondary N) is 1. The molecule has 74 valence electrons. The zero-order chi connectivity index (χ0) is 9.52. The molecule has 0 saturated carbocycles. The van der Waals surface area contributed by atoms with E-state index in [1.807, 2.05) is 11.7 Å². The van der Waals surface area contributed by atoms with E-state index in [-0.39, 0.29) is 0 Å². The highest BCUT2D eigenvalue weighted by atomic mass is 15.3. The molecule has 0 aliphatic carbocycles. The van der Waals surface area contributed by atoms with E-state index in [0.29, 0.717) is 0 Å². The summed E-state index contributed by atoms with van der Waals surface area (Å²) < 4.78 is 1.83. The van der Waals surface area contributed by atoms with Crippen molar-refractivity contribution in [3.05, 3.63) is 12.2 Å². The Morgan fingerprint density at radius 2 is 2.31 bits per heavy atom. The number of nitrogens with zero attached hydrogens (tertiary/aromatic N) is 3. The van der Waals surface area contributed by atoms with Crippen LogP contribution < -0.4 is 5.32 Å². The van der Waals surface area contributed by atoms with Crippen LogP contribution in [0.2, 0.25) is 0 Å². The second kappa shape index (κ2) is 5.70. The lowest BCUT2D eigenvalue weighted by molar-refractivity contribution is 0.611. The summed E-state index contributed by atoms with van der Waals surface area (Å²) in [4.78, 5) is 4.16. The van der Waals surface area contributed by atoms with Crippen LogP contribution >= 0.6 is 0 Å². The van der Waals surface area contributed by atoms with Gasteiger partial charge in [-0.2, -0.15) is 5.10 Å². The molecule has 4 nitrogen and oxygen atoms in total. The van der Waals surface area contributed by atoms with Crippen molar-refractivity contribution in [2.75, 3.05) is 13.1 Å². The molecule has 0 saturated heterocycles. The largest absolute Gasteiger partial charge is 0.317 e. The predicted molar refractivity (Wildman–Crippen MR) is 52.5 cm³/mol. The van der Waals surface area contributed by atoms with Crippen molar-refractivity contribution in [1.82, 2.24) is 20.1 Å². The maximum atomic E-state index is 4.16. The van der Waals surface area contributed by atoms with Crippen LogP contribution in [0, 0.1) is 0 Å². The molecular weight excluding hydrogens is 164 g/mol. The van der Waals surface area contributed by atoms with Gasteiger partial charge in [0.2, 0.25) is 0 Å². The first-order valence-electron chi connectivity index (χ1n) is 4.88. The highest BCUT2D eigenvalue weighted by molar-refractivity contribution is 4.83. The van der Waals surface area contributed by atoms with Crippen molar-refractivity contribution in [3.63, 3.8) is 0 Å². The molecule has 0 amide bonds. The van der Waals surface area contributed by atoms with Crippen LogP contribution in [0.3, 0.4) is 0 Å². The summed E-state index contributed by atoms with van der Waals surface area (Å²) >= 11 is 0. The second-order valence-corrected chi connectivity index (χ2v) is 3.15. The molecule has 0 radical (unpaired) electrons. The van der Waals surface area contributed by atoms with Crippen LogP contribution in [0.1, 0.15) is 25.6 Å². The fourth-order valence-electron chi connectivity index (χ4n) is 1.22. The van der Waals surface area contributed by atoms with E-state index in [2.05, 4.69) is 22.3 Å². The molecule has 4 heteroatoms. The van der Waals surface area contributed by atoms with Gasteiger partial charge in [0.15, 0.2) is 0 Å². The van der Waals surface area contributed by atoms with Gasteiger partial charge in [-0.1, -0.05) is 6.92 Å². The Morgan fingerprint density at radius 3 is 2.92 bits per heavy atom. The summed E-state index contributed by atoms with van der Waals surface area (Å²) in [6.07, 6.45) is 4.94. The van der Waals surface area contributed by atoms with Gasteiger partial charge >= 0.3 is 0 Å². The summed E-state index contributed by atoms with van der Waals surface area (Å²) in [6.45, 7) is 4.36. The second-order valence-electron chi connectivity index (χ2n) is 3.15. The van der Waals surface area contributed by atoms with Gasteiger partial charge in [-0.25, -0.2) is 4.98 Å². The van der Waals surface area contributed by atoms with Crippen LogP contribution in [-0.2, 0) is 13.5 Å². The van der Waals surface area contributed by atoms with E-state index < -0.39 is 0 Å². The monoisotopic (exact) mass is 182 g/mol. The predicted octanol–water partition coefficient (Wildman–Crippen LogP) is 0.747. The van der Waals surface area contributed by atoms with Crippen molar-refractivity contribution < 1.29 is 0 Å². The molecule has 1 rings (SSSR count). The molecule has 1 heterocycles. The van der Waals surface area contributed by atoms with Crippen molar-refractivity contribution in [1.29, 1.82) is 0 Å². The summed E-state index contributed by atoms with van der Waals surface area (Å²) in [6, 6.07) is 0. The lowest BCUT2D eigenvalue weighted by Crippen LogP contribution is -2.17. The van der Waals surface area contributed by atoms with E-state index in [4.69, 9.17) is 0 Å². The molecule has 13 heavy (non-hydrogen) atoms. The van der Waals surface area contributed by atoms with Gasteiger partial charge in [-0.15, -0.1) is 0 Å². The first kappa shape index (κ1) is 10.2. The molecule has 1 N–H and O–H groups in total. The zero-order valence-corrected chi connectivity index (χ0v) is 8.45. The molecule has 0 fully saturated rings. The van der Waals surface area contributed by atoms with Crippen LogP contribution in [0.25, 0.3) is 0 Å². The summed E-state index contributed by atoms with van der Waals surface area (Å²) in [7, 11) is 1.93. The van der Waals surface area contributed by atoms with Crippen LogP contribution in [0.15, 0.2) is 6.33 Å². The van der Waals surface area contributed by atoms with Crippen molar-refractivity contribution in [3.8, 4) is 0 Å². The maximum absolute atomic E-state index is 4.16. The van der Waals surface area contributed by atoms with Gasteiger partial charge in [-0.3, -0.25) is 4.68 Å². The molecular formula is C9H18N4. The average Bonchev–Trinajstić information content (AvgIpc) is 2.52. The van der Waals surface area contributed by atoms with Crippen molar-refractivity contribution >= 4 is 0 Å². The fourth-order valence-corrected chi connectivity index (χ4v) is 1.22. The van der Waals surface area contributed by atoms with Crippen molar-refractivity contribution in [2.24, 2.45) is 7.05 Å². The van der Waals surface area contributed by atoms with Crippen molar-refractivity contribution in [2.45, 2.75) is 26.2 Å². The normalized spacial score (nSPS) is 10.6. The molecule has 0 aliphatic rings. The van der Waals surface area contributed by atoms with Gasteiger partial charge in [0.25, 0.3) is 0 Å². The van der Waals surface area contributed by atoms with E-state index in [1.165, 1.54) is 6.42 Å². The van der Waals surface area contributed by atoms with E-state index in [9.17, 15) is 0 Å². The van der Waals surface area contributed by atoms with Crippen LogP contribution in [0.4, 0.5) is 0 Å². The zero-order valence-electron chi connectivity index (χ0n) is 8.45. The summed E-state index contributed by atoms with van der Waals surface area (Å²) in [5.41, 5.74) is 0. The minimum absolute atomic E-state index is 1.01. The fraction of sp³-hybridized carbons (Fsp3) is 0.778. The Bertz CT molecular complexity index is 231. The Kier molecular flexibility index (Phi) is 4.46. The Hall–Kier alpha value is -0.900. The van der Waals surface area contributed by atoms with Gasteiger partial charge in [0.1, 0.15) is 12.2 Å². The molecule has 0 spiro atoms. The molecule has 1 aromatic heterocycles. The summed E-state index contributed by atoms with van der Waals surface area (Å²) in [5.74, 6) is 1.07. The summed E-state index contributed by atoms with van der Waals surface area (Å²) in [5, 5.41) is 7.38. The van der Waals surface area contributed by atoms with Gasteiger partial charge < -0.3 is 5.32 Å². The van der Waals surface area contributed by atoms with Crippen LogP contribution in [-0.4, -0.2) is 27.9 Å². The smallest absolute Gasteiger partial charge is 0.138 e. The SMILES string of the molecule is CCCNCCCc1ncnn1C. The first-order chi connectivity index (χ1) is 6.34. The third kappa shape index (κ3) is 3.55. The average molecular weight is 182 g/mol. The number of rotatable bonds is 6. The van der Waals surface area contributed by atoms with Gasteiger partial charge in [0, 0.05) is 13.5 Å². The third-order valence-electron chi connectivity index (χ3n) is 1.99. The Morgan fingerprint density at radius 1 is 1.46 bits per heavy atom. The highest BCUT2D eigenvalue weighted by Crippen LogP contribution is 1.95. The molecule has 0 atom stereocenters. The number of hydrogen-bond acceptors (Lipinski definition) is 3. The van der Waals surface area contributed by atoms with Crippen LogP contribution in [0.5, 0.6) is 0 Å². The minimum atomic E-state index is 1.01. The first-order valence-corrected chi connectivity index (χ1v) is 4.88. The standard InChI is InChI=1S/C9H18N4/c1-3-6-10-7-4-5-9-11-8-12-13(9)2/h8,10H,3-7H2,1-2H3. The molecule has 0 aromatic carbocycles. The molecule has 0 aliphatic heterocycles. The quantitative estimate of drug-likeness (QED) is 0.660.